The number of nitrogens with one attached hydrogen (secondary N) is 1. The van der Waals surface area contributed by atoms with Crippen LogP contribution in [0.3, 0.4) is 0 Å². The number of para-hydroxylation sites is 1. The summed E-state index contributed by atoms with van der Waals surface area (Å²) in [6.45, 7) is 3.31. The third-order valence-corrected chi connectivity index (χ3v) is 7.15. The Morgan fingerprint density at radius 1 is 1.03 bits per heavy atom. The first-order chi connectivity index (χ1) is 13.8. The first kappa shape index (κ1) is 21.5. The lowest BCUT2D eigenvalue weighted by atomic mass is 10.1. The summed E-state index contributed by atoms with van der Waals surface area (Å²) in [6, 6.07) is 11.1. The van der Waals surface area contributed by atoms with Crippen LogP contribution in [-0.2, 0) is 23.2 Å². The van der Waals surface area contributed by atoms with Gasteiger partial charge < -0.3 is 9.80 Å². The first-order valence-corrected chi connectivity index (χ1v) is 11.5. The summed E-state index contributed by atoms with van der Waals surface area (Å²) >= 11 is 0. The Bertz CT molecular complexity index is 995. The lowest BCUT2D eigenvalue weighted by Crippen LogP contribution is -3.07. The molecule has 0 bridgehead atoms. The van der Waals surface area contributed by atoms with Crippen molar-refractivity contribution in [1.29, 1.82) is 0 Å². The zero-order chi connectivity index (χ0) is 21.0. The third kappa shape index (κ3) is 5.07. The number of aromatic nitrogens is 1. The van der Waals surface area contributed by atoms with Gasteiger partial charge in [0.15, 0.2) is 6.67 Å². The second-order valence-corrected chi connectivity index (χ2v) is 10.1. The molecule has 0 saturated carbocycles. The summed E-state index contributed by atoms with van der Waals surface area (Å²) in [4.78, 5) is 16.0. The van der Waals surface area contributed by atoms with Crippen LogP contribution in [-0.4, -0.2) is 51.5 Å². The highest BCUT2D eigenvalue weighted by Gasteiger charge is 2.20. The molecular weight excluding hydrogens is 388 g/mol. The first-order valence-electron chi connectivity index (χ1n) is 10.1. The average molecular weight is 420 g/mol. The largest absolute Gasteiger partial charge is 0.371 e. The monoisotopic (exact) mass is 419 g/mol. The van der Waals surface area contributed by atoms with E-state index in [0.29, 0.717) is 6.67 Å². The van der Waals surface area contributed by atoms with Gasteiger partial charge in [-0.15, -0.1) is 0 Å². The van der Waals surface area contributed by atoms with Crippen LogP contribution in [0.1, 0.15) is 24.8 Å². The fraction of sp³-hybridized carbons (Fsp3) is 0.476. The van der Waals surface area contributed by atoms with Crippen LogP contribution >= 0.6 is 0 Å². The number of piperidine rings is 1. The van der Waals surface area contributed by atoms with Gasteiger partial charge in [-0.05, 0) is 31.4 Å². The molecule has 1 unspecified atom stereocenters. The molecule has 2 aromatic rings. The highest BCUT2D eigenvalue weighted by Crippen LogP contribution is 2.23. The van der Waals surface area contributed by atoms with Gasteiger partial charge in [0, 0.05) is 50.7 Å². The van der Waals surface area contributed by atoms with Crippen molar-refractivity contribution >= 4 is 15.7 Å². The molecule has 0 radical (unpaired) electrons. The van der Waals surface area contributed by atoms with E-state index in [-0.39, 0.29) is 10.5 Å². The van der Waals surface area contributed by atoms with Crippen LogP contribution < -0.4 is 15.4 Å². The van der Waals surface area contributed by atoms with Crippen LogP contribution in [0.15, 0.2) is 52.3 Å². The fourth-order valence-corrected chi connectivity index (χ4v) is 4.69. The molecule has 0 spiro atoms. The van der Waals surface area contributed by atoms with Crippen LogP contribution in [0.4, 0.5) is 5.69 Å². The van der Waals surface area contributed by atoms with Crippen molar-refractivity contribution in [3.05, 3.63) is 58.5 Å². The number of hydrogen-bond donors (Lipinski definition) is 1. The minimum Gasteiger partial charge on any atom is -0.371 e. The molecule has 1 atom stereocenters. The van der Waals surface area contributed by atoms with Crippen molar-refractivity contribution < 1.29 is 13.3 Å². The lowest BCUT2D eigenvalue weighted by Gasteiger charge is -2.31. The standard InChI is InChI=1S/C21H30N4O3S/c1-22(2)29(27,28)19-11-12-21(26)25(16-19)17-23(3)15-18-9-5-6-10-20(18)24-13-7-4-8-14-24/h5-6,9-12,16H,4,7-8,13-15,17H2,1-3H3/p+1. The Kier molecular flexibility index (Phi) is 6.77. The Balaban J connectivity index is 1.78. The number of hydrogen-bond acceptors (Lipinski definition) is 4. The lowest BCUT2D eigenvalue weighted by molar-refractivity contribution is -0.917. The third-order valence-electron chi connectivity index (χ3n) is 5.36. The van der Waals surface area contributed by atoms with E-state index in [4.69, 9.17) is 0 Å². The van der Waals surface area contributed by atoms with Crippen LogP contribution in [0.5, 0.6) is 0 Å². The van der Waals surface area contributed by atoms with Crippen LogP contribution in [0.25, 0.3) is 0 Å². The van der Waals surface area contributed by atoms with Gasteiger partial charge in [0.1, 0.15) is 6.54 Å². The second kappa shape index (κ2) is 9.11. The zero-order valence-electron chi connectivity index (χ0n) is 17.5. The highest BCUT2D eigenvalue weighted by atomic mass is 32.2. The van der Waals surface area contributed by atoms with Crippen LogP contribution in [0.2, 0.25) is 0 Å². The molecule has 0 aliphatic carbocycles. The Hall–Kier alpha value is -2.16. The van der Waals surface area contributed by atoms with Crippen LogP contribution in [0, 0.1) is 0 Å². The molecule has 8 heteroatoms. The molecule has 1 fully saturated rings. The fourth-order valence-electron chi connectivity index (χ4n) is 3.77. The molecule has 7 nitrogen and oxygen atoms in total. The predicted molar refractivity (Wildman–Crippen MR) is 115 cm³/mol. The second-order valence-electron chi connectivity index (χ2n) is 7.93. The number of benzene rings is 1. The topological polar surface area (TPSA) is 67.1 Å². The molecule has 158 valence electrons. The summed E-state index contributed by atoms with van der Waals surface area (Å²) in [6.07, 6.45) is 5.18. The van der Waals surface area contributed by atoms with E-state index < -0.39 is 10.0 Å². The molecule has 1 N–H and O–H groups in total. The van der Waals surface area contributed by atoms with Gasteiger partial charge in [0.25, 0.3) is 5.56 Å². The van der Waals surface area contributed by atoms with Gasteiger partial charge in [-0.25, -0.2) is 12.7 Å². The Morgan fingerprint density at radius 3 is 2.41 bits per heavy atom. The van der Waals surface area contributed by atoms with E-state index in [1.165, 1.54) is 67.5 Å². The highest BCUT2D eigenvalue weighted by molar-refractivity contribution is 7.89. The molecule has 1 aliphatic heterocycles. The maximum atomic E-state index is 12.4. The van der Waals surface area contributed by atoms with Gasteiger partial charge >= 0.3 is 0 Å². The van der Waals surface area contributed by atoms with Crippen molar-refractivity contribution in [3.63, 3.8) is 0 Å². The number of nitrogens with zero attached hydrogens (tertiary/aromatic N) is 3. The van der Waals surface area contributed by atoms with E-state index in [2.05, 4.69) is 23.1 Å². The zero-order valence-corrected chi connectivity index (χ0v) is 18.3. The molecule has 3 rings (SSSR count). The van der Waals surface area contributed by atoms with E-state index in [1.54, 1.807) is 0 Å². The number of quaternary nitrogens is 1. The number of pyridine rings is 1. The molecule has 1 aliphatic rings. The van der Waals surface area contributed by atoms with Crippen molar-refractivity contribution in [2.45, 2.75) is 37.4 Å². The SMILES string of the molecule is CN(C)S(=O)(=O)c1ccc(=O)n(C[NH+](C)Cc2ccccc2N2CCCCC2)c1. The molecule has 0 amide bonds. The maximum absolute atomic E-state index is 12.4. The van der Waals surface area contributed by atoms with Gasteiger partial charge in [-0.1, -0.05) is 18.2 Å². The van der Waals surface area contributed by atoms with Gasteiger partial charge in [0.05, 0.1) is 11.9 Å². The molecule has 29 heavy (non-hydrogen) atoms. The van der Waals surface area contributed by atoms with Crippen molar-refractivity contribution in [2.24, 2.45) is 0 Å². The van der Waals surface area contributed by atoms with Crippen molar-refractivity contribution in [2.75, 3.05) is 39.1 Å². The van der Waals surface area contributed by atoms with E-state index in [9.17, 15) is 13.2 Å². The van der Waals surface area contributed by atoms with E-state index >= 15 is 0 Å². The quantitative estimate of drug-likeness (QED) is 0.720. The summed E-state index contributed by atoms with van der Waals surface area (Å²) in [5, 5.41) is 0. The number of rotatable bonds is 7. The Labute approximate surface area is 173 Å². The summed E-state index contributed by atoms with van der Waals surface area (Å²) in [5.74, 6) is 0. The minimum absolute atomic E-state index is 0.128. The summed E-state index contributed by atoms with van der Waals surface area (Å²) in [5.41, 5.74) is 2.31. The molecule has 1 saturated heterocycles. The number of sulfonamides is 1. The number of anilines is 1. The molecule has 1 aromatic carbocycles. The Morgan fingerprint density at radius 2 is 1.72 bits per heavy atom. The summed E-state index contributed by atoms with van der Waals surface area (Å²) < 4.78 is 27.4. The van der Waals surface area contributed by atoms with E-state index in [1.807, 2.05) is 13.1 Å². The van der Waals surface area contributed by atoms with Crippen molar-refractivity contribution in [1.82, 2.24) is 8.87 Å². The maximum Gasteiger partial charge on any atom is 0.254 e. The van der Waals surface area contributed by atoms with E-state index in [0.717, 1.165) is 28.8 Å². The summed E-state index contributed by atoms with van der Waals surface area (Å²) in [7, 11) is 1.42. The molecule has 2 heterocycles. The molecular formula is C21H31N4O3S+. The predicted octanol–water partition coefficient (Wildman–Crippen LogP) is 0.761. The average Bonchev–Trinajstić information content (AvgIpc) is 2.70. The van der Waals surface area contributed by atoms with Crippen molar-refractivity contribution in [3.8, 4) is 0 Å². The molecule has 1 aromatic heterocycles. The minimum atomic E-state index is -3.57. The normalized spacial score (nSPS) is 16.2. The van der Waals surface area contributed by atoms with Gasteiger partial charge in [0.2, 0.25) is 10.0 Å². The smallest absolute Gasteiger partial charge is 0.254 e. The van der Waals surface area contributed by atoms with Gasteiger partial charge in [-0.3, -0.25) is 9.36 Å². The van der Waals surface area contributed by atoms with Gasteiger partial charge in [-0.2, -0.15) is 0 Å².